The molecule has 2 aliphatic rings. The molecule has 254 valence electrons. The van der Waals surface area contributed by atoms with Gasteiger partial charge in [-0.15, -0.1) is 0 Å². The predicted molar refractivity (Wildman–Crippen MR) is 220 cm³/mol. The zero-order chi connectivity index (χ0) is 34.8. The maximum atomic E-state index is 5.27. The molecule has 0 amide bonds. The van der Waals surface area contributed by atoms with E-state index in [1.165, 1.54) is 50.1 Å². The van der Waals surface area contributed by atoms with Gasteiger partial charge in [0.25, 0.3) is 0 Å². The molecule has 0 N–H and O–H groups in total. The standard InChI is InChI=1S/C49H35N3.CH4/c1-49(2)44-23-12-11-20-41(44)42-25-24-34(30-45(42)49)47-50-46(32-16-7-4-8-17-32)51-48(52-47)37-27-35(31-14-5-3-6-15-31)26-36(28-37)39-21-13-22-40-38-19-10-9-18-33(38)29-43(39)40;/h3-28,30H,29H2,1-2H3;1H4. The zero-order valence-corrected chi connectivity index (χ0v) is 29.1. The van der Waals surface area contributed by atoms with Gasteiger partial charge in [-0.05, 0) is 97.4 Å². The van der Waals surface area contributed by atoms with E-state index in [1.807, 2.05) is 18.2 Å². The minimum Gasteiger partial charge on any atom is -0.208 e. The first kappa shape index (κ1) is 32.5. The Morgan fingerprint density at radius 3 is 1.70 bits per heavy atom. The Kier molecular flexibility index (Phi) is 7.74. The summed E-state index contributed by atoms with van der Waals surface area (Å²) < 4.78 is 0. The number of nitrogens with zero attached hydrogens (tertiary/aromatic N) is 3. The van der Waals surface area contributed by atoms with Crippen LogP contribution in [-0.2, 0) is 11.8 Å². The molecule has 8 aromatic rings. The van der Waals surface area contributed by atoms with Crippen molar-refractivity contribution in [2.45, 2.75) is 33.1 Å². The van der Waals surface area contributed by atoms with Gasteiger partial charge in [0.1, 0.15) is 0 Å². The SMILES string of the molecule is C.CC1(C)c2ccccc2-c2ccc(-c3nc(-c4ccccc4)nc(-c4cc(-c5ccccc5)cc(-c5cccc6c5Cc5ccccc5-6)c4)n3)cc21. The molecule has 0 spiro atoms. The second-order valence-electron chi connectivity index (χ2n) is 14.4. The number of rotatable bonds is 5. The van der Waals surface area contributed by atoms with Crippen LogP contribution in [0.2, 0.25) is 0 Å². The summed E-state index contributed by atoms with van der Waals surface area (Å²) in [5.74, 6) is 1.98. The van der Waals surface area contributed by atoms with Gasteiger partial charge in [-0.2, -0.15) is 0 Å². The second kappa shape index (κ2) is 12.6. The van der Waals surface area contributed by atoms with E-state index in [0.717, 1.165) is 39.8 Å². The number of fused-ring (bicyclic) bond motifs is 6. The van der Waals surface area contributed by atoms with Crippen LogP contribution in [0, 0.1) is 0 Å². The predicted octanol–water partition coefficient (Wildman–Crippen LogP) is 12.7. The monoisotopic (exact) mass is 681 g/mol. The lowest BCUT2D eigenvalue weighted by Crippen LogP contribution is -2.15. The van der Waals surface area contributed by atoms with Crippen molar-refractivity contribution < 1.29 is 0 Å². The molecule has 0 unspecified atom stereocenters. The summed E-state index contributed by atoms with van der Waals surface area (Å²) in [7, 11) is 0. The van der Waals surface area contributed by atoms with Crippen LogP contribution in [0.4, 0.5) is 0 Å². The van der Waals surface area contributed by atoms with Gasteiger partial charge >= 0.3 is 0 Å². The Morgan fingerprint density at radius 1 is 0.377 bits per heavy atom. The fourth-order valence-electron chi connectivity index (χ4n) is 8.33. The molecule has 7 aromatic carbocycles. The quantitative estimate of drug-likeness (QED) is 0.181. The average molecular weight is 682 g/mol. The van der Waals surface area contributed by atoms with Crippen molar-refractivity contribution in [3.8, 4) is 78.7 Å². The Morgan fingerprint density at radius 2 is 0.925 bits per heavy atom. The summed E-state index contributed by atoms with van der Waals surface area (Å²) in [6.45, 7) is 4.62. The van der Waals surface area contributed by atoms with Gasteiger partial charge in [-0.1, -0.05) is 161 Å². The molecule has 2 aliphatic carbocycles. The first-order chi connectivity index (χ1) is 25.5. The van der Waals surface area contributed by atoms with E-state index in [2.05, 4.69) is 159 Å². The van der Waals surface area contributed by atoms with E-state index >= 15 is 0 Å². The largest absolute Gasteiger partial charge is 0.208 e. The molecule has 0 atom stereocenters. The summed E-state index contributed by atoms with van der Waals surface area (Å²) in [4.78, 5) is 15.6. The summed E-state index contributed by atoms with van der Waals surface area (Å²) in [6, 6.07) is 58.6. The second-order valence-corrected chi connectivity index (χ2v) is 14.4. The van der Waals surface area contributed by atoms with Crippen LogP contribution in [0.1, 0.15) is 43.5 Å². The summed E-state index contributed by atoms with van der Waals surface area (Å²) >= 11 is 0. The van der Waals surface area contributed by atoms with Crippen LogP contribution in [-0.4, -0.2) is 15.0 Å². The number of hydrogen-bond donors (Lipinski definition) is 0. The van der Waals surface area contributed by atoms with Crippen molar-refractivity contribution in [2.75, 3.05) is 0 Å². The highest BCUT2D eigenvalue weighted by Crippen LogP contribution is 2.49. The van der Waals surface area contributed by atoms with Crippen LogP contribution in [0.25, 0.3) is 78.7 Å². The van der Waals surface area contributed by atoms with Crippen LogP contribution in [0.15, 0.2) is 164 Å². The Balaban J connectivity index is 0.00000372. The van der Waals surface area contributed by atoms with Crippen molar-refractivity contribution >= 4 is 0 Å². The van der Waals surface area contributed by atoms with Crippen molar-refractivity contribution in [1.82, 2.24) is 15.0 Å². The molecule has 53 heavy (non-hydrogen) atoms. The highest BCUT2D eigenvalue weighted by molar-refractivity contribution is 5.88. The van der Waals surface area contributed by atoms with Crippen LogP contribution >= 0.6 is 0 Å². The zero-order valence-electron chi connectivity index (χ0n) is 29.1. The molecule has 1 aromatic heterocycles. The first-order valence-corrected chi connectivity index (χ1v) is 18.0. The van der Waals surface area contributed by atoms with E-state index in [0.29, 0.717) is 17.5 Å². The van der Waals surface area contributed by atoms with E-state index < -0.39 is 0 Å². The minimum atomic E-state index is -0.130. The summed E-state index contributed by atoms with van der Waals surface area (Å²) in [5, 5.41) is 0. The van der Waals surface area contributed by atoms with Crippen molar-refractivity contribution in [3.05, 3.63) is 186 Å². The molecular formula is C50H39N3. The normalized spacial score (nSPS) is 13.0. The lowest BCUT2D eigenvalue weighted by atomic mass is 9.82. The third-order valence-electron chi connectivity index (χ3n) is 11.0. The number of hydrogen-bond acceptors (Lipinski definition) is 3. The molecule has 10 rings (SSSR count). The van der Waals surface area contributed by atoms with Crippen LogP contribution < -0.4 is 0 Å². The third-order valence-corrected chi connectivity index (χ3v) is 11.0. The maximum absolute atomic E-state index is 5.27. The molecule has 3 heteroatoms. The van der Waals surface area contributed by atoms with Crippen LogP contribution in [0.5, 0.6) is 0 Å². The Bertz CT molecular complexity index is 2670. The van der Waals surface area contributed by atoms with E-state index in [-0.39, 0.29) is 12.8 Å². The third kappa shape index (κ3) is 5.39. The van der Waals surface area contributed by atoms with Crippen molar-refractivity contribution in [3.63, 3.8) is 0 Å². The summed E-state index contributed by atoms with van der Waals surface area (Å²) in [5.41, 5.74) is 18.0. The van der Waals surface area contributed by atoms with Gasteiger partial charge in [0.05, 0.1) is 0 Å². The highest BCUT2D eigenvalue weighted by atomic mass is 15.0. The number of benzene rings is 7. The van der Waals surface area contributed by atoms with E-state index in [9.17, 15) is 0 Å². The van der Waals surface area contributed by atoms with E-state index in [1.54, 1.807) is 0 Å². The van der Waals surface area contributed by atoms with Crippen LogP contribution in [0.3, 0.4) is 0 Å². The molecule has 0 saturated carbocycles. The molecule has 1 heterocycles. The Labute approximate surface area is 311 Å². The fraction of sp³-hybridized carbons (Fsp3) is 0.100. The molecule has 0 fully saturated rings. The maximum Gasteiger partial charge on any atom is 0.164 e. The van der Waals surface area contributed by atoms with Gasteiger partial charge in [-0.3, -0.25) is 0 Å². The van der Waals surface area contributed by atoms with Gasteiger partial charge in [0, 0.05) is 22.1 Å². The van der Waals surface area contributed by atoms with Crippen molar-refractivity contribution in [1.29, 1.82) is 0 Å². The van der Waals surface area contributed by atoms with E-state index in [4.69, 9.17) is 15.0 Å². The Hall–Kier alpha value is -6.45. The highest BCUT2D eigenvalue weighted by Gasteiger charge is 2.35. The molecule has 0 aliphatic heterocycles. The molecular weight excluding hydrogens is 643 g/mol. The first-order valence-electron chi connectivity index (χ1n) is 18.0. The lowest BCUT2D eigenvalue weighted by molar-refractivity contribution is 0.660. The minimum absolute atomic E-state index is 0. The molecule has 0 saturated heterocycles. The smallest absolute Gasteiger partial charge is 0.164 e. The van der Waals surface area contributed by atoms with Gasteiger partial charge in [0.2, 0.25) is 0 Å². The van der Waals surface area contributed by atoms with Gasteiger partial charge in [0.15, 0.2) is 17.5 Å². The molecule has 0 radical (unpaired) electrons. The number of aromatic nitrogens is 3. The molecule has 3 nitrogen and oxygen atoms in total. The average Bonchev–Trinajstić information content (AvgIpc) is 3.70. The lowest BCUT2D eigenvalue weighted by Gasteiger charge is -2.21. The summed E-state index contributed by atoms with van der Waals surface area (Å²) in [6.07, 6.45) is 0.916. The van der Waals surface area contributed by atoms with Gasteiger partial charge in [-0.25, -0.2) is 15.0 Å². The molecule has 0 bridgehead atoms. The fourth-order valence-corrected chi connectivity index (χ4v) is 8.33. The topological polar surface area (TPSA) is 38.7 Å². The van der Waals surface area contributed by atoms with Crippen molar-refractivity contribution in [2.24, 2.45) is 0 Å². The van der Waals surface area contributed by atoms with Gasteiger partial charge < -0.3 is 0 Å².